The zero-order valence-corrected chi connectivity index (χ0v) is 13.6. The van der Waals surface area contributed by atoms with Gasteiger partial charge >= 0.3 is 0 Å². The summed E-state index contributed by atoms with van der Waals surface area (Å²) >= 11 is 0. The van der Waals surface area contributed by atoms with Crippen LogP contribution in [-0.4, -0.2) is 25.7 Å². The van der Waals surface area contributed by atoms with Crippen LogP contribution < -0.4 is 14.8 Å². The number of hydrogen-bond donors (Lipinski definition) is 1. The van der Waals surface area contributed by atoms with E-state index in [9.17, 15) is 4.79 Å². The van der Waals surface area contributed by atoms with Crippen molar-refractivity contribution in [2.45, 2.75) is 26.8 Å². The summed E-state index contributed by atoms with van der Waals surface area (Å²) < 4.78 is 10.8. The highest BCUT2D eigenvalue weighted by Crippen LogP contribution is 2.24. The Labute approximate surface area is 131 Å². The van der Waals surface area contributed by atoms with Crippen LogP contribution in [0.15, 0.2) is 36.4 Å². The molecule has 0 aliphatic rings. The minimum Gasteiger partial charge on any atom is -0.497 e. The summed E-state index contributed by atoms with van der Waals surface area (Å²) in [4.78, 5) is 11.8. The molecule has 0 aromatic heterocycles. The Kier molecular flexibility index (Phi) is 5.26. The van der Waals surface area contributed by atoms with E-state index in [-0.39, 0.29) is 18.6 Å². The molecular formula is C18H23NO3. The third kappa shape index (κ3) is 4.13. The number of fused-ring (bicyclic) bond motifs is 1. The van der Waals surface area contributed by atoms with Crippen molar-refractivity contribution in [3.63, 3.8) is 0 Å². The SMILES string of the molecule is COc1ccc2ccc(OCC(=O)N[C@@H](C)C(C)C)cc2c1. The van der Waals surface area contributed by atoms with Gasteiger partial charge in [-0.2, -0.15) is 0 Å². The molecule has 0 unspecified atom stereocenters. The van der Waals surface area contributed by atoms with E-state index in [4.69, 9.17) is 9.47 Å². The van der Waals surface area contributed by atoms with Gasteiger partial charge in [0.25, 0.3) is 5.91 Å². The molecule has 0 saturated heterocycles. The number of hydrogen-bond acceptors (Lipinski definition) is 3. The van der Waals surface area contributed by atoms with Gasteiger partial charge in [0.15, 0.2) is 6.61 Å². The summed E-state index contributed by atoms with van der Waals surface area (Å²) in [7, 11) is 1.64. The van der Waals surface area contributed by atoms with Gasteiger partial charge in [-0.25, -0.2) is 0 Å². The molecule has 0 fully saturated rings. The van der Waals surface area contributed by atoms with Gasteiger partial charge in [0.2, 0.25) is 0 Å². The Hall–Kier alpha value is -2.23. The number of nitrogens with one attached hydrogen (secondary N) is 1. The molecule has 22 heavy (non-hydrogen) atoms. The van der Waals surface area contributed by atoms with Crippen LogP contribution in [0.1, 0.15) is 20.8 Å². The molecule has 0 aliphatic carbocycles. The van der Waals surface area contributed by atoms with Gasteiger partial charge in [0, 0.05) is 6.04 Å². The first kappa shape index (κ1) is 16.1. The molecule has 0 saturated carbocycles. The van der Waals surface area contributed by atoms with Crippen LogP contribution in [-0.2, 0) is 4.79 Å². The normalized spacial score (nSPS) is 12.2. The van der Waals surface area contributed by atoms with Crippen LogP contribution in [0.25, 0.3) is 10.8 Å². The maximum absolute atomic E-state index is 11.8. The highest BCUT2D eigenvalue weighted by Gasteiger charge is 2.11. The van der Waals surface area contributed by atoms with E-state index >= 15 is 0 Å². The Balaban J connectivity index is 2.01. The van der Waals surface area contributed by atoms with E-state index in [1.54, 1.807) is 7.11 Å². The lowest BCUT2D eigenvalue weighted by molar-refractivity contribution is -0.124. The second kappa shape index (κ2) is 7.16. The van der Waals surface area contributed by atoms with Gasteiger partial charge in [-0.1, -0.05) is 26.0 Å². The summed E-state index contributed by atoms with van der Waals surface area (Å²) in [6.45, 7) is 6.16. The molecule has 0 heterocycles. The smallest absolute Gasteiger partial charge is 0.258 e. The van der Waals surface area contributed by atoms with Crippen molar-refractivity contribution in [3.05, 3.63) is 36.4 Å². The summed E-state index contributed by atoms with van der Waals surface area (Å²) in [5, 5.41) is 5.04. The first-order valence-corrected chi connectivity index (χ1v) is 7.49. The third-order valence-electron chi connectivity index (χ3n) is 3.78. The molecule has 1 atom stereocenters. The number of methoxy groups -OCH3 is 1. The van der Waals surface area contributed by atoms with Crippen LogP contribution in [0.2, 0.25) is 0 Å². The second-order valence-corrected chi connectivity index (χ2v) is 5.76. The number of amides is 1. The van der Waals surface area contributed by atoms with E-state index in [0.717, 1.165) is 16.5 Å². The zero-order valence-electron chi connectivity index (χ0n) is 13.6. The highest BCUT2D eigenvalue weighted by atomic mass is 16.5. The van der Waals surface area contributed by atoms with Crippen molar-refractivity contribution in [1.82, 2.24) is 5.32 Å². The van der Waals surface area contributed by atoms with E-state index in [1.807, 2.05) is 43.3 Å². The Morgan fingerprint density at radius 3 is 2.32 bits per heavy atom. The van der Waals surface area contributed by atoms with Gasteiger partial charge in [-0.3, -0.25) is 4.79 Å². The Bertz CT molecular complexity index is 652. The topological polar surface area (TPSA) is 47.6 Å². The van der Waals surface area contributed by atoms with Crippen LogP contribution in [0, 0.1) is 5.92 Å². The standard InChI is InChI=1S/C18H23NO3/c1-12(2)13(3)19-18(20)11-22-17-8-6-14-5-7-16(21-4)9-15(14)10-17/h5-10,12-13H,11H2,1-4H3,(H,19,20)/t13-/m0/s1. The molecule has 1 N–H and O–H groups in total. The van der Waals surface area contributed by atoms with E-state index in [1.165, 1.54) is 0 Å². The first-order valence-electron chi connectivity index (χ1n) is 7.49. The summed E-state index contributed by atoms with van der Waals surface area (Å²) in [5.41, 5.74) is 0. The largest absolute Gasteiger partial charge is 0.497 e. The van der Waals surface area contributed by atoms with Gasteiger partial charge in [0.05, 0.1) is 7.11 Å². The van der Waals surface area contributed by atoms with Crippen LogP contribution in [0.4, 0.5) is 0 Å². The quantitative estimate of drug-likeness (QED) is 0.889. The molecular weight excluding hydrogens is 278 g/mol. The van der Waals surface area contributed by atoms with E-state index < -0.39 is 0 Å². The molecule has 2 rings (SSSR count). The monoisotopic (exact) mass is 301 g/mol. The van der Waals surface area contributed by atoms with Crippen molar-refractivity contribution in [1.29, 1.82) is 0 Å². The lowest BCUT2D eigenvalue weighted by Gasteiger charge is -2.17. The summed E-state index contributed by atoms with van der Waals surface area (Å²) in [5.74, 6) is 1.77. The summed E-state index contributed by atoms with van der Waals surface area (Å²) in [6.07, 6.45) is 0. The molecule has 2 aromatic rings. The Morgan fingerprint density at radius 1 is 1.05 bits per heavy atom. The van der Waals surface area contributed by atoms with Gasteiger partial charge in [0.1, 0.15) is 11.5 Å². The Morgan fingerprint density at radius 2 is 1.68 bits per heavy atom. The predicted octanol–water partition coefficient (Wildman–Crippen LogP) is 3.39. The molecule has 1 amide bonds. The minimum atomic E-state index is -0.105. The van der Waals surface area contributed by atoms with Crippen LogP contribution >= 0.6 is 0 Å². The number of carbonyl (C=O) groups excluding carboxylic acids is 1. The van der Waals surface area contributed by atoms with Crippen molar-refractivity contribution in [3.8, 4) is 11.5 Å². The maximum atomic E-state index is 11.8. The molecule has 0 bridgehead atoms. The average molecular weight is 301 g/mol. The van der Waals surface area contributed by atoms with E-state index in [2.05, 4.69) is 19.2 Å². The molecule has 118 valence electrons. The second-order valence-electron chi connectivity index (χ2n) is 5.76. The van der Waals surface area contributed by atoms with Crippen molar-refractivity contribution >= 4 is 16.7 Å². The van der Waals surface area contributed by atoms with Gasteiger partial charge in [-0.05, 0) is 47.9 Å². The van der Waals surface area contributed by atoms with Gasteiger partial charge in [-0.15, -0.1) is 0 Å². The lowest BCUT2D eigenvalue weighted by Crippen LogP contribution is -2.38. The minimum absolute atomic E-state index is 0.0204. The summed E-state index contributed by atoms with van der Waals surface area (Å²) in [6, 6.07) is 11.8. The third-order valence-corrected chi connectivity index (χ3v) is 3.78. The number of ether oxygens (including phenoxy) is 2. The fraction of sp³-hybridized carbons (Fsp3) is 0.389. The average Bonchev–Trinajstić information content (AvgIpc) is 2.51. The molecule has 0 spiro atoms. The zero-order chi connectivity index (χ0) is 16.1. The molecule has 0 radical (unpaired) electrons. The van der Waals surface area contributed by atoms with Crippen molar-refractivity contribution < 1.29 is 14.3 Å². The van der Waals surface area contributed by atoms with Crippen LogP contribution in [0.5, 0.6) is 11.5 Å². The number of rotatable bonds is 6. The maximum Gasteiger partial charge on any atom is 0.258 e. The fourth-order valence-corrected chi connectivity index (χ4v) is 2.03. The number of carbonyl (C=O) groups is 1. The molecule has 2 aromatic carbocycles. The fourth-order valence-electron chi connectivity index (χ4n) is 2.03. The van der Waals surface area contributed by atoms with Crippen LogP contribution in [0.3, 0.4) is 0 Å². The predicted molar refractivity (Wildman–Crippen MR) is 88.4 cm³/mol. The first-order chi connectivity index (χ1) is 10.5. The molecule has 4 nitrogen and oxygen atoms in total. The molecule has 0 aliphatic heterocycles. The van der Waals surface area contributed by atoms with E-state index in [0.29, 0.717) is 11.7 Å². The lowest BCUT2D eigenvalue weighted by atomic mass is 10.1. The number of benzene rings is 2. The highest BCUT2D eigenvalue weighted by molar-refractivity contribution is 5.85. The van der Waals surface area contributed by atoms with Crippen molar-refractivity contribution in [2.75, 3.05) is 13.7 Å². The molecule has 4 heteroatoms. The van der Waals surface area contributed by atoms with Gasteiger partial charge < -0.3 is 14.8 Å². The van der Waals surface area contributed by atoms with Crippen molar-refractivity contribution in [2.24, 2.45) is 5.92 Å².